The lowest BCUT2D eigenvalue weighted by atomic mass is 9.74. The van der Waals surface area contributed by atoms with Crippen LogP contribution in [0.5, 0.6) is 5.88 Å². The van der Waals surface area contributed by atoms with Crippen LogP contribution in [-0.4, -0.2) is 82.6 Å². The lowest BCUT2D eigenvalue weighted by Gasteiger charge is -2.45. The monoisotopic (exact) mass is 668 g/mol. The summed E-state index contributed by atoms with van der Waals surface area (Å²) in [5, 5.41) is 3.67. The number of fused-ring (bicyclic) bond motifs is 4. The summed E-state index contributed by atoms with van der Waals surface area (Å²) in [6.07, 6.45) is 3.86. The van der Waals surface area contributed by atoms with Gasteiger partial charge < -0.3 is 15.0 Å². The van der Waals surface area contributed by atoms with E-state index >= 15 is 4.39 Å². The molecule has 4 aromatic rings. The van der Waals surface area contributed by atoms with Crippen molar-refractivity contribution in [3.05, 3.63) is 72.3 Å². The van der Waals surface area contributed by atoms with Crippen LogP contribution in [0.2, 0.25) is 0 Å². The van der Waals surface area contributed by atoms with Gasteiger partial charge in [-0.2, -0.15) is 4.31 Å². The second kappa shape index (κ2) is 11.6. The fourth-order valence-corrected chi connectivity index (χ4v) is 8.09. The first-order chi connectivity index (χ1) is 21.7. The highest BCUT2D eigenvalue weighted by Crippen LogP contribution is 2.51. The molecule has 2 aromatic heterocycles. The number of benzene rings is 2. The van der Waals surface area contributed by atoms with Crippen LogP contribution in [0.15, 0.2) is 65.8 Å². The maximum atomic E-state index is 15.7. The second-order valence-corrected chi connectivity index (χ2v) is 15.5. The Balaban J connectivity index is 1.41. The quantitative estimate of drug-likeness (QED) is 0.243. The van der Waals surface area contributed by atoms with Crippen molar-refractivity contribution in [3.8, 4) is 17.0 Å². The summed E-state index contributed by atoms with van der Waals surface area (Å²) in [7, 11) is -5.99. The third-order valence-corrected chi connectivity index (χ3v) is 10.5. The molecule has 46 heavy (non-hydrogen) atoms. The van der Waals surface area contributed by atoms with Gasteiger partial charge in [0.1, 0.15) is 23.5 Å². The normalized spacial score (nSPS) is 16.2. The van der Waals surface area contributed by atoms with Crippen LogP contribution >= 0.6 is 0 Å². The highest BCUT2D eigenvalue weighted by atomic mass is 32.2. The Bertz CT molecular complexity index is 2070. The van der Waals surface area contributed by atoms with E-state index in [-0.39, 0.29) is 64.8 Å². The molecular formula is C31H33FN6O6S2. The van der Waals surface area contributed by atoms with Gasteiger partial charge in [-0.25, -0.2) is 26.2 Å². The first kappa shape index (κ1) is 31.8. The van der Waals surface area contributed by atoms with Gasteiger partial charge in [-0.3, -0.25) is 14.5 Å². The lowest BCUT2D eigenvalue weighted by Crippen LogP contribution is -2.64. The van der Waals surface area contributed by atoms with Gasteiger partial charge in [-0.05, 0) is 24.3 Å². The van der Waals surface area contributed by atoms with E-state index in [1.807, 2.05) is 13.8 Å². The third-order valence-electron chi connectivity index (χ3n) is 8.12. The van der Waals surface area contributed by atoms with Crippen LogP contribution in [-0.2, 0) is 30.3 Å². The van der Waals surface area contributed by atoms with Gasteiger partial charge in [-0.15, -0.1) is 0 Å². The average Bonchev–Trinajstić information content (AvgIpc) is 3.21. The maximum absolute atomic E-state index is 15.7. The van der Waals surface area contributed by atoms with E-state index in [2.05, 4.69) is 20.0 Å². The SMILES string of the molecule is CC(C)NCCOc1ncc(-c2cc3c4c(cnc3cc2F)N(C)C(=O)C42CN(S(=O)(=O)c3ccccc3)C2)cc1NS(C)(=O)=O. The Morgan fingerprint density at radius 2 is 1.76 bits per heavy atom. The van der Waals surface area contributed by atoms with Crippen molar-refractivity contribution in [1.82, 2.24) is 19.6 Å². The molecule has 15 heteroatoms. The molecule has 0 saturated carbocycles. The van der Waals surface area contributed by atoms with Crippen molar-refractivity contribution in [3.63, 3.8) is 0 Å². The predicted octanol–water partition coefficient (Wildman–Crippen LogP) is 3.10. The highest BCUT2D eigenvalue weighted by molar-refractivity contribution is 7.92. The number of amides is 1. The Morgan fingerprint density at radius 3 is 2.43 bits per heavy atom. The summed E-state index contributed by atoms with van der Waals surface area (Å²) in [5.74, 6) is -0.892. The zero-order chi connectivity index (χ0) is 33.0. The number of halogens is 1. The van der Waals surface area contributed by atoms with Crippen molar-refractivity contribution in [1.29, 1.82) is 0 Å². The molecule has 2 N–H and O–H groups in total. The number of carbonyl (C=O) groups is 1. The molecule has 1 spiro atoms. The van der Waals surface area contributed by atoms with Crippen LogP contribution in [0.4, 0.5) is 15.8 Å². The number of hydrogen-bond donors (Lipinski definition) is 2. The van der Waals surface area contributed by atoms with Gasteiger partial charge in [-0.1, -0.05) is 32.0 Å². The van der Waals surface area contributed by atoms with Gasteiger partial charge in [0, 0.05) is 67.1 Å². The summed E-state index contributed by atoms with van der Waals surface area (Å²) in [6.45, 7) is 4.50. The maximum Gasteiger partial charge on any atom is 0.243 e. The minimum Gasteiger partial charge on any atom is -0.475 e. The van der Waals surface area contributed by atoms with E-state index in [1.165, 1.54) is 45.9 Å². The summed E-state index contributed by atoms with van der Waals surface area (Å²) in [6, 6.07) is 12.5. The number of likely N-dealkylation sites (N-methyl/N-ethyl adjacent to an activating group) is 1. The van der Waals surface area contributed by atoms with E-state index < -0.39 is 31.3 Å². The first-order valence-electron chi connectivity index (χ1n) is 14.5. The zero-order valence-electron chi connectivity index (χ0n) is 25.6. The van der Waals surface area contributed by atoms with Crippen molar-refractivity contribution in [2.24, 2.45) is 0 Å². The zero-order valence-corrected chi connectivity index (χ0v) is 27.2. The number of pyridine rings is 2. The van der Waals surface area contributed by atoms with E-state index in [1.54, 1.807) is 31.3 Å². The van der Waals surface area contributed by atoms with Crippen LogP contribution < -0.4 is 19.7 Å². The summed E-state index contributed by atoms with van der Waals surface area (Å²) < 4.78 is 76.1. The van der Waals surface area contributed by atoms with E-state index in [9.17, 15) is 21.6 Å². The summed E-state index contributed by atoms with van der Waals surface area (Å²) in [5.41, 5.74) is 0.536. The van der Waals surface area contributed by atoms with Crippen LogP contribution in [0.25, 0.3) is 22.0 Å². The molecule has 0 atom stereocenters. The number of sulfonamides is 2. The number of hydrogen-bond acceptors (Lipinski definition) is 9. The minimum absolute atomic E-state index is 0.0313. The van der Waals surface area contributed by atoms with E-state index in [4.69, 9.17) is 4.74 Å². The average molecular weight is 669 g/mol. The minimum atomic E-state index is -3.85. The predicted molar refractivity (Wildman–Crippen MR) is 172 cm³/mol. The van der Waals surface area contributed by atoms with Gasteiger partial charge in [0.05, 0.1) is 28.6 Å². The topological polar surface area (TPSA) is 151 Å². The molecule has 1 amide bonds. The largest absolute Gasteiger partial charge is 0.475 e. The fraction of sp³-hybridized carbons (Fsp3) is 0.323. The molecule has 1 saturated heterocycles. The number of carbonyl (C=O) groups excluding carboxylic acids is 1. The number of ether oxygens (including phenoxy) is 1. The van der Waals surface area contributed by atoms with Crippen LogP contribution in [0.1, 0.15) is 19.4 Å². The molecular weight excluding hydrogens is 636 g/mol. The van der Waals surface area contributed by atoms with Crippen molar-refractivity contribution < 1.29 is 30.8 Å². The summed E-state index contributed by atoms with van der Waals surface area (Å²) in [4.78, 5) is 24.0. The molecule has 4 heterocycles. The third kappa shape index (κ3) is 5.57. The molecule has 0 bridgehead atoms. The van der Waals surface area contributed by atoms with Crippen LogP contribution in [0.3, 0.4) is 0 Å². The number of nitrogens with zero attached hydrogens (tertiary/aromatic N) is 4. The second-order valence-electron chi connectivity index (χ2n) is 11.8. The Labute approximate surface area is 266 Å². The molecule has 1 fully saturated rings. The summed E-state index contributed by atoms with van der Waals surface area (Å²) >= 11 is 0. The number of anilines is 2. The molecule has 2 aromatic carbocycles. The molecule has 0 aliphatic carbocycles. The molecule has 6 rings (SSSR count). The van der Waals surface area contributed by atoms with Gasteiger partial charge in [0.2, 0.25) is 31.8 Å². The highest BCUT2D eigenvalue weighted by Gasteiger charge is 2.61. The molecule has 2 aliphatic rings. The van der Waals surface area contributed by atoms with Gasteiger partial charge in [0.25, 0.3) is 0 Å². The lowest BCUT2D eigenvalue weighted by molar-refractivity contribution is -0.126. The van der Waals surface area contributed by atoms with Crippen molar-refractivity contribution in [2.75, 3.05) is 49.2 Å². The molecule has 12 nitrogen and oxygen atoms in total. The number of nitrogens with one attached hydrogen (secondary N) is 2. The van der Waals surface area contributed by atoms with Crippen molar-refractivity contribution in [2.45, 2.75) is 30.2 Å². The van der Waals surface area contributed by atoms with E-state index in [0.717, 1.165) is 6.26 Å². The Kier molecular flexibility index (Phi) is 7.99. The first-order valence-corrected chi connectivity index (χ1v) is 17.8. The molecule has 2 aliphatic heterocycles. The standard InChI is InChI=1S/C31H33FN6O6S2/c1-19(2)33-10-11-44-29-26(36-45(4,40)41)12-20(15-35-29)22-13-23-25(14-24(22)32)34-16-27-28(23)31(30(39)37(27)3)17-38(18-31)46(42,43)21-8-6-5-7-9-21/h5-9,12-16,19,33,36H,10-11,17-18H2,1-4H3. The number of rotatable bonds is 10. The molecule has 0 radical (unpaired) electrons. The van der Waals surface area contributed by atoms with Crippen LogP contribution in [0, 0.1) is 5.82 Å². The van der Waals surface area contributed by atoms with Gasteiger partial charge in [0.15, 0.2) is 0 Å². The van der Waals surface area contributed by atoms with Gasteiger partial charge >= 0.3 is 0 Å². The number of aromatic nitrogens is 2. The molecule has 242 valence electrons. The van der Waals surface area contributed by atoms with E-state index in [0.29, 0.717) is 23.2 Å². The van der Waals surface area contributed by atoms with Crippen molar-refractivity contribution >= 4 is 48.2 Å². The fourth-order valence-electron chi connectivity index (χ4n) is 5.96. The Morgan fingerprint density at radius 1 is 1.04 bits per heavy atom. The smallest absolute Gasteiger partial charge is 0.243 e. The molecule has 0 unspecified atom stereocenters. The Hall–Kier alpha value is -4.18.